The zero-order chi connectivity index (χ0) is 13.9. The number of hydrogen-bond donors (Lipinski definition) is 4. The number of nitrogens with zero attached hydrogens (tertiary/aromatic N) is 1. The van der Waals surface area contributed by atoms with Gasteiger partial charge in [-0.05, 0) is 18.6 Å². The van der Waals surface area contributed by atoms with Crippen molar-refractivity contribution in [3.8, 4) is 6.07 Å². The molecule has 0 saturated carbocycles. The molecule has 2 unspecified atom stereocenters. The van der Waals surface area contributed by atoms with Crippen molar-refractivity contribution in [2.24, 2.45) is 0 Å². The summed E-state index contributed by atoms with van der Waals surface area (Å²) in [6.07, 6.45) is -2.96. The molecule has 0 heterocycles. The third-order valence-corrected chi connectivity index (χ3v) is 2.57. The summed E-state index contributed by atoms with van der Waals surface area (Å²) in [5.41, 5.74) is 6.14. The monoisotopic (exact) mass is 250 g/mol. The molecular formula is C12H14N2O4. The second-order valence-electron chi connectivity index (χ2n) is 3.99. The van der Waals surface area contributed by atoms with Crippen LogP contribution in [0, 0.1) is 18.3 Å². The Labute approximate surface area is 104 Å². The average molecular weight is 250 g/mol. The summed E-state index contributed by atoms with van der Waals surface area (Å²) in [6, 6.07) is 4.60. The SMILES string of the molecule is Cc1cc(C(=O)O)c(N)c(C(O)C(O)CC#N)c1. The number of benzene rings is 1. The number of rotatable bonds is 4. The molecule has 0 spiro atoms. The molecule has 0 bridgehead atoms. The van der Waals surface area contributed by atoms with Crippen molar-refractivity contribution in [3.63, 3.8) is 0 Å². The lowest BCUT2D eigenvalue weighted by atomic mass is 9.96. The minimum absolute atomic E-state index is 0.0995. The van der Waals surface area contributed by atoms with E-state index in [9.17, 15) is 15.0 Å². The first-order chi connectivity index (χ1) is 8.38. The first-order valence-corrected chi connectivity index (χ1v) is 5.24. The van der Waals surface area contributed by atoms with Crippen LogP contribution in [-0.2, 0) is 0 Å². The first-order valence-electron chi connectivity index (χ1n) is 5.24. The van der Waals surface area contributed by atoms with E-state index in [1.54, 1.807) is 13.0 Å². The number of carbonyl (C=O) groups is 1. The number of carboxylic acids is 1. The van der Waals surface area contributed by atoms with E-state index in [1.165, 1.54) is 12.1 Å². The summed E-state index contributed by atoms with van der Waals surface area (Å²) in [7, 11) is 0. The molecule has 1 aromatic carbocycles. The van der Waals surface area contributed by atoms with Gasteiger partial charge in [0.05, 0.1) is 29.8 Å². The quantitative estimate of drug-likeness (QED) is 0.579. The Kier molecular flexibility index (Phi) is 4.26. The Bertz CT molecular complexity index is 508. The van der Waals surface area contributed by atoms with Crippen molar-refractivity contribution >= 4 is 11.7 Å². The van der Waals surface area contributed by atoms with Crippen molar-refractivity contribution in [1.82, 2.24) is 0 Å². The van der Waals surface area contributed by atoms with Crippen LogP contribution in [0.5, 0.6) is 0 Å². The van der Waals surface area contributed by atoms with Crippen LogP contribution in [0.15, 0.2) is 12.1 Å². The number of anilines is 1. The van der Waals surface area contributed by atoms with Crippen LogP contribution in [0.4, 0.5) is 5.69 Å². The van der Waals surface area contributed by atoms with Gasteiger partial charge < -0.3 is 21.1 Å². The first kappa shape index (κ1) is 14.0. The molecule has 0 aromatic heterocycles. The van der Waals surface area contributed by atoms with Crippen LogP contribution in [-0.4, -0.2) is 27.4 Å². The Morgan fingerprint density at radius 2 is 2.11 bits per heavy atom. The topological polar surface area (TPSA) is 128 Å². The van der Waals surface area contributed by atoms with Gasteiger partial charge in [0.2, 0.25) is 0 Å². The normalized spacial score (nSPS) is 13.7. The molecule has 5 N–H and O–H groups in total. The minimum atomic E-state index is -1.39. The van der Waals surface area contributed by atoms with E-state index < -0.39 is 18.2 Å². The molecule has 0 aliphatic rings. The van der Waals surface area contributed by atoms with E-state index in [0.717, 1.165) is 0 Å². The molecule has 0 fully saturated rings. The lowest BCUT2D eigenvalue weighted by molar-refractivity contribution is 0.0220. The van der Waals surface area contributed by atoms with Gasteiger partial charge in [-0.1, -0.05) is 6.07 Å². The van der Waals surface area contributed by atoms with Gasteiger partial charge in [0.1, 0.15) is 6.10 Å². The van der Waals surface area contributed by atoms with Crippen LogP contribution in [0.3, 0.4) is 0 Å². The molecule has 6 heteroatoms. The third-order valence-electron chi connectivity index (χ3n) is 2.57. The summed E-state index contributed by atoms with van der Waals surface area (Å²) < 4.78 is 0. The predicted octanol–water partition coefficient (Wildman–Crippen LogP) is 0.583. The predicted molar refractivity (Wildman–Crippen MR) is 63.7 cm³/mol. The second kappa shape index (κ2) is 5.49. The fourth-order valence-electron chi connectivity index (χ4n) is 1.66. The average Bonchev–Trinajstić information content (AvgIpc) is 2.30. The number of aliphatic hydroxyl groups excluding tert-OH is 2. The van der Waals surface area contributed by atoms with Crippen LogP contribution in [0.2, 0.25) is 0 Å². The van der Waals surface area contributed by atoms with E-state index >= 15 is 0 Å². The van der Waals surface area contributed by atoms with Crippen molar-refractivity contribution in [2.45, 2.75) is 25.6 Å². The van der Waals surface area contributed by atoms with E-state index in [0.29, 0.717) is 5.56 Å². The summed E-state index contributed by atoms with van der Waals surface area (Å²) >= 11 is 0. The van der Waals surface area contributed by atoms with Crippen molar-refractivity contribution < 1.29 is 20.1 Å². The number of nitriles is 1. The Morgan fingerprint density at radius 1 is 1.50 bits per heavy atom. The second-order valence-corrected chi connectivity index (χ2v) is 3.99. The highest BCUT2D eigenvalue weighted by Gasteiger charge is 2.23. The molecular weight excluding hydrogens is 236 g/mol. The molecule has 0 amide bonds. The molecule has 0 aliphatic heterocycles. The Balaban J connectivity index is 3.25. The highest BCUT2D eigenvalue weighted by molar-refractivity contribution is 5.94. The lowest BCUT2D eigenvalue weighted by Gasteiger charge is -2.19. The van der Waals surface area contributed by atoms with Crippen LogP contribution in [0.25, 0.3) is 0 Å². The van der Waals surface area contributed by atoms with Gasteiger partial charge in [-0.15, -0.1) is 0 Å². The van der Waals surface area contributed by atoms with Crippen molar-refractivity contribution in [1.29, 1.82) is 5.26 Å². The summed E-state index contributed by atoms with van der Waals surface area (Å²) in [5.74, 6) is -1.21. The Morgan fingerprint density at radius 3 is 2.61 bits per heavy atom. The standard InChI is InChI=1S/C12H14N2O4/c1-6-4-7(11(16)9(15)2-3-13)10(14)8(5-6)12(17)18/h4-5,9,11,15-16H,2,14H2,1H3,(H,17,18). The van der Waals surface area contributed by atoms with Crippen LogP contribution >= 0.6 is 0 Å². The smallest absolute Gasteiger partial charge is 0.337 e. The molecule has 96 valence electrons. The third kappa shape index (κ3) is 2.77. The van der Waals surface area contributed by atoms with Gasteiger partial charge in [-0.25, -0.2) is 4.79 Å². The summed E-state index contributed by atoms with van der Waals surface area (Å²) in [6.45, 7) is 1.65. The van der Waals surface area contributed by atoms with Gasteiger partial charge in [-0.3, -0.25) is 0 Å². The zero-order valence-electron chi connectivity index (χ0n) is 9.79. The highest BCUT2D eigenvalue weighted by atomic mass is 16.4. The molecule has 18 heavy (non-hydrogen) atoms. The van der Waals surface area contributed by atoms with E-state index in [-0.39, 0.29) is 23.2 Å². The fraction of sp³-hybridized carbons (Fsp3) is 0.333. The molecule has 0 saturated heterocycles. The number of carboxylic acid groups (broad SMARTS) is 1. The van der Waals surface area contributed by atoms with E-state index in [2.05, 4.69) is 0 Å². The van der Waals surface area contributed by atoms with Crippen LogP contribution in [0.1, 0.15) is 34.0 Å². The molecule has 2 atom stereocenters. The van der Waals surface area contributed by atoms with E-state index in [4.69, 9.17) is 16.1 Å². The van der Waals surface area contributed by atoms with Gasteiger partial charge >= 0.3 is 5.97 Å². The molecule has 1 rings (SSSR count). The number of hydrogen-bond acceptors (Lipinski definition) is 5. The number of aliphatic hydroxyl groups is 2. The molecule has 6 nitrogen and oxygen atoms in total. The molecule has 0 aliphatic carbocycles. The zero-order valence-corrected chi connectivity index (χ0v) is 9.79. The van der Waals surface area contributed by atoms with Gasteiger partial charge in [0.15, 0.2) is 0 Å². The Hall–Kier alpha value is -2.10. The lowest BCUT2D eigenvalue weighted by Crippen LogP contribution is -2.20. The minimum Gasteiger partial charge on any atom is -0.478 e. The number of aryl methyl sites for hydroxylation is 1. The van der Waals surface area contributed by atoms with Crippen molar-refractivity contribution in [2.75, 3.05) is 5.73 Å². The highest BCUT2D eigenvalue weighted by Crippen LogP contribution is 2.28. The van der Waals surface area contributed by atoms with Gasteiger partial charge in [-0.2, -0.15) is 5.26 Å². The number of nitrogen functional groups attached to an aromatic ring is 1. The maximum absolute atomic E-state index is 11.0. The van der Waals surface area contributed by atoms with Crippen LogP contribution < -0.4 is 5.73 Å². The maximum Gasteiger partial charge on any atom is 0.337 e. The van der Waals surface area contributed by atoms with Gasteiger partial charge in [0, 0.05) is 5.56 Å². The maximum atomic E-state index is 11.0. The van der Waals surface area contributed by atoms with Crippen molar-refractivity contribution in [3.05, 3.63) is 28.8 Å². The van der Waals surface area contributed by atoms with Gasteiger partial charge in [0.25, 0.3) is 0 Å². The number of nitrogens with two attached hydrogens (primary N) is 1. The molecule has 0 radical (unpaired) electrons. The van der Waals surface area contributed by atoms with E-state index in [1.807, 2.05) is 0 Å². The largest absolute Gasteiger partial charge is 0.478 e. The summed E-state index contributed by atoms with van der Waals surface area (Å²) in [5, 5.41) is 36.8. The molecule has 1 aromatic rings. The number of aromatic carboxylic acids is 1. The fourth-order valence-corrected chi connectivity index (χ4v) is 1.66. The summed E-state index contributed by atoms with van der Waals surface area (Å²) in [4.78, 5) is 11.0.